The average Bonchev–Trinajstić information content (AvgIpc) is 2.16. The highest BCUT2D eigenvalue weighted by atomic mass is 32.2. The number of hydrogen-bond acceptors (Lipinski definition) is 2. The van der Waals surface area contributed by atoms with Gasteiger partial charge in [0.2, 0.25) is 0 Å². The van der Waals surface area contributed by atoms with Gasteiger partial charge in [0.25, 0.3) is 0 Å². The van der Waals surface area contributed by atoms with Crippen LogP contribution in [0.4, 0.5) is 4.39 Å². The van der Waals surface area contributed by atoms with Crippen LogP contribution in [0.5, 0.6) is 0 Å². The van der Waals surface area contributed by atoms with Crippen LogP contribution < -0.4 is 0 Å². The molecule has 70 valence electrons. The summed E-state index contributed by atoms with van der Waals surface area (Å²) in [5.41, 5.74) is 0.495. The van der Waals surface area contributed by atoms with Gasteiger partial charge in [-0.15, -0.1) is 11.8 Å². The van der Waals surface area contributed by atoms with Crippen molar-refractivity contribution in [3.63, 3.8) is 0 Å². The minimum absolute atomic E-state index is 0.0103. The van der Waals surface area contributed by atoms with Gasteiger partial charge in [0.1, 0.15) is 5.82 Å². The van der Waals surface area contributed by atoms with Crippen molar-refractivity contribution in [2.24, 2.45) is 0 Å². The molecule has 0 bridgehead atoms. The van der Waals surface area contributed by atoms with Crippen LogP contribution in [-0.4, -0.2) is 12.0 Å². The number of thioether (sulfide) groups is 1. The molecule has 0 aliphatic carbocycles. The Morgan fingerprint density at radius 2 is 2.23 bits per heavy atom. The van der Waals surface area contributed by atoms with Gasteiger partial charge >= 0.3 is 0 Å². The summed E-state index contributed by atoms with van der Waals surface area (Å²) in [6, 6.07) is 4.32. The van der Waals surface area contributed by atoms with Crippen LogP contribution in [0.1, 0.15) is 23.7 Å². The maximum atomic E-state index is 12.8. The lowest BCUT2D eigenvalue weighted by atomic mass is 10.1. The van der Waals surface area contributed by atoms with Crippen molar-refractivity contribution in [3.8, 4) is 0 Å². The number of carbonyl (C=O) groups is 1. The molecule has 0 spiro atoms. The van der Waals surface area contributed by atoms with Gasteiger partial charge in [-0.1, -0.05) is 6.92 Å². The highest BCUT2D eigenvalue weighted by molar-refractivity contribution is 7.98. The SMILES string of the molecule is CCC(=O)c1cc(F)ccc1SC. The van der Waals surface area contributed by atoms with E-state index in [0.717, 1.165) is 4.90 Å². The molecule has 0 saturated carbocycles. The first-order chi connectivity index (χ1) is 6.19. The lowest BCUT2D eigenvalue weighted by Crippen LogP contribution is -1.99. The van der Waals surface area contributed by atoms with Gasteiger partial charge in [-0.2, -0.15) is 0 Å². The summed E-state index contributed by atoms with van der Waals surface area (Å²) in [6.45, 7) is 1.78. The molecule has 1 rings (SSSR count). The number of benzene rings is 1. The molecular weight excluding hydrogens is 187 g/mol. The van der Waals surface area contributed by atoms with Crippen molar-refractivity contribution in [2.75, 3.05) is 6.26 Å². The molecule has 13 heavy (non-hydrogen) atoms. The van der Waals surface area contributed by atoms with E-state index in [4.69, 9.17) is 0 Å². The Morgan fingerprint density at radius 3 is 2.77 bits per heavy atom. The Hall–Kier alpha value is -0.830. The maximum absolute atomic E-state index is 12.8. The Balaban J connectivity index is 3.15. The van der Waals surface area contributed by atoms with Crippen LogP contribution in [-0.2, 0) is 0 Å². The van der Waals surface area contributed by atoms with E-state index in [-0.39, 0.29) is 11.6 Å². The summed E-state index contributed by atoms with van der Waals surface area (Å²) >= 11 is 1.46. The molecule has 0 atom stereocenters. The summed E-state index contributed by atoms with van der Waals surface area (Å²) in [5, 5.41) is 0. The zero-order valence-corrected chi connectivity index (χ0v) is 8.45. The lowest BCUT2D eigenvalue weighted by molar-refractivity contribution is 0.0985. The van der Waals surface area contributed by atoms with Crippen LogP contribution in [0.15, 0.2) is 23.1 Å². The van der Waals surface area contributed by atoms with Gasteiger partial charge in [0.05, 0.1) is 0 Å². The van der Waals surface area contributed by atoms with Crippen LogP contribution in [0.3, 0.4) is 0 Å². The second kappa shape index (κ2) is 4.42. The largest absolute Gasteiger partial charge is 0.294 e. The fourth-order valence-corrected chi connectivity index (χ4v) is 1.69. The molecule has 0 aliphatic rings. The number of rotatable bonds is 3. The van der Waals surface area contributed by atoms with Crippen LogP contribution >= 0.6 is 11.8 Å². The number of Topliss-reactive ketones (excluding diaryl/α,β-unsaturated/α-hetero) is 1. The van der Waals surface area contributed by atoms with Crippen molar-refractivity contribution in [2.45, 2.75) is 18.2 Å². The average molecular weight is 198 g/mol. The van der Waals surface area contributed by atoms with E-state index < -0.39 is 0 Å². The topological polar surface area (TPSA) is 17.1 Å². The molecule has 0 aliphatic heterocycles. The molecule has 0 saturated heterocycles. The normalized spacial score (nSPS) is 10.1. The first-order valence-electron chi connectivity index (χ1n) is 4.05. The molecule has 1 aromatic carbocycles. The van der Waals surface area contributed by atoms with E-state index in [1.54, 1.807) is 13.0 Å². The third kappa shape index (κ3) is 2.31. The highest BCUT2D eigenvalue weighted by Gasteiger charge is 2.09. The minimum atomic E-state index is -0.352. The van der Waals surface area contributed by atoms with Gasteiger partial charge in [-0.3, -0.25) is 4.79 Å². The van der Waals surface area contributed by atoms with E-state index in [1.165, 1.54) is 23.9 Å². The first kappa shape index (κ1) is 10.3. The summed E-state index contributed by atoms with van der Waals surface area (Å²) < 4.78 is 12.8. The fourth-order valence-electron chi connectivity index (χ4n) is 1.09. The Morgan fingerprint density at radius 1 is 1.54 bits per heavy atom. The molecule has 0 aromatic heterocycles. The van der Waals surface area contributed by atoms with Gasteiger partial charge < -0.3 is 0 Å². The van der Waals surface area contributed by atoms with Gasteiger partial charge in [-0.05, 0) is 24.5 Å². The zero-order chi connectivity index (χ0) is 9.84. The van der Waals surface area contributed by atoms with Gasteiger partial charge in [-0.25, -0.2) is 4.39 Å². The molecule has 1 aromatic rings. The molecule has 0 amide bonds. The van der Waals surface area contributed by atoms with Crippen molar-refractivity contribution >= 4 is 17.5 Å². The Bertz CT molecular complexity index is 323. The van der Waals surface area contributed by atoms with Crippen LogP contribution in [0.2, 0.25) is 0 Å². The predicted octanol–water partition coefficient (Wildman–Crippen LogP) is 3.14. The zero-order valence-electron chi connectivity index (χ0n) is 7.63. The number of carbonyl (C=O) groups excluding carboxylic acids is 1. The third-order valence-corrected chi connectivity index (χ3v) is 2.58. The molecule has 1 nitrogen and oxygen atoms in total. The smallest absolute Gasteiger partial charge is 0.163 e. The lowest BCUT2D eigenvalue weighted by Gasteiger charge is -2.04. The van der Waals surface area contributed by atoms with Crippen molar-refractivity contribution in [1.82, 2.24) is 0 Å². The van der Waals surface area contributed by atoms with Crippen molar-refractivity contribution in [3.05, 3.63) is 29.6 Å². The van der Waals surface area contributed by atoms with Gasteiger partial charge in [0.15, 0.2) is 5.78 Å². The maximum Gasteiger partial charge on any atom is 0.163 e. The van der Waals surface area contributed by atoms with E-state index in [9.17, 15) is 9.18 Å². The molecule has 0 heterocycles. The highest BCUT2D eigenvalue weighted by Crippen LogP contribution is 2.22. The summed E-state index contributed by atoms with van der Waals surface area (Å²) in [6.07, 6.45) is 2.29. The molecule has 0 unspecified atom stereocenters. The molecular formula is C10H11FOS. The van der Waals surface area contributed by atoms with Gasteiger partial charge in [0, 0.05) is 16.9 Å². The number of hydrogen-bond donors (Lipinski definition) is 0. The molecule has 0 N–H and O–H groups in total. The summed E-state index contributed by atoms with van der Waals surface area (Å²) in [7, 11) is 0. The van der Waals surface area contributed by atoms with E-state index in [0.29, 0.717) is 12.0 Å². The molecule has 0 fully saturated rings. The minimum Gasteiger partial charge on any atom is -0.294 e. The number of ketones is 1. The van der Waals surface area contributed by atoms with Crippen LogP contribution in [0.25, 0.3) is 0 Å². The summed E-state index contributed by atoms with van der Waals surface area (Å²) in [5.74, 6) is -0.363. The standard InChI is InChI=1S/C10H11FOS/c1-3-9(12)8-6-7(11)4-5-10(8)13-2/h4-6H,3H2,1-2H3. The molecule has 3 heteroatoms. The monoisotopic (exact) mass is 198 g/mol. The van der Waals surface area contributed by atoms with E-state index in [1.807, 2.05) is 6.26 Å². The second-order valence-corrected chi connectivity index (χ2v) is 3.47. The van der Waals surface area contributed by atoms with Crippen molar-refractivity contribution in [1.29, 1.82) is 0 Å². The summed E-state index contributed by atoms with van der Waals surface area (Å²) in [4.78, 5) is 12.2. The third-order valence-electron chi connectivity index (χ3n) is 1.78. The Kier molecular flexibility index (Phi) is 3.48. The molecule has 0 radical (unpaired) electrons. The quantitative estimate of drug-likeness (QED) is 0.548. The van der Waals surface area contributed by atoms with Crippen molar-refractivity contribution < 1.29 is 9.18 Å². The fraction of sp³-hybridized carbons (Fsp3) is 0.300. The van der Waals surface area contributed by atoms with Crippen LogP contribution in [0, 0.1) is 5.82 Å². The first-order valence-corrected chi connectivity index (χ1v) is 5.28. The van der Waals surface area contributed by atoms with E-state index >= 15 is 0 Å². The second-order valence-electron chi connectivity index (χ2n) is 2.62. The number of halogens is 1. The predicted molar refractivity (Wildman–Crippen MR) is 52.8 cm³/mol. The van der Waals surface area contributed by atoms with E-state index in [2.05, 4.69) is 0 Å². The Labute approximate surface area is 81.3 Å².